The maximum atomic E-state index is 16.0. The van der Waals surface area contributed by atoms with E-state index in [0.717, 1.165) is 13.1 Å². The van der Waals surface area contributed by atoms with Crippen LogP contribution in [0, 0.1) is 30.0 Å². The molecule has 3 heterocycles. The molecule has 2 fully saturated rings. The minimum atomic E-state index is -0.579. The van der Waals surface area contributed by atoms with E-state index in [4.69, 9.17) is 6.42 Å². The SMILES string of the molecule is C#Cc1cccc2cc(O)cc(-c3ncc4c(N5CC6CCC(C6)C5)nc(S)nc4c3F)c12. The van der Waals surface area contributed by atoms with Gasteiger partial charge in [-0.15, -0.1) is 19.1 Å². The first kappa shape index (κ1) is 20.3. The average molecular weight is 457 g/mol. The zero-order valence-electron chi connectivity index (χ0n) is 17.8. The van der Waals surface area contributed by atoms with Gasteiger partial charge in [-0.25, -0.2) is 14.4 Å². The molecule has 2 aliphatic rings. The van der Waals surface area contributed by atoms with Crippen LogP contribution < -0.4 is 4.90 Å². The van der Waals surface area contributed by atoms with E-state index in [1.54, 1.807) is 18.3 Å². The molecule has 5 nitrogen and oxygen atoms in total. The molecule has 0 radical (unpaired) electrons. The van der Waals surface area contributed by atoms with Crippen molar-refractivity contribution in [1.82, 2.24) is 15.0 Å². The second kappa shape index (κ2) is 7.60. The van der Waals surface area contributed by atoms with Gasteiger partial charge in [0.05, 0.1) is 5.39 Å². The number of hydrogen-bond acceptors (Lipinski definition) is 6. The van der Waals surface area contributed by atoms with Crippen molar-refractivity contribution in [2.24, 2.45) is 11.8 Å². The lowest BCUT2D eigenvalue weighted by Gasteiger charge is -2.33. The van der Waals surface area contributed by atoms with Crippen LogP contribution in [0.4, 0.5) is 10.2 Å². The topological polar surface area (TPSA) is 62.1 Å². The van der Waals surface area contributed by atoms with Gasteiger partial charge >= 0.3 is 0 Å². The minimum Gasteiger partial charge on any atom is -0.508 e. The van der Waals surface area contributed by atoms with E-state index in [9.17, 15) is 5.11 Å². The molecule has 2 aromatic heterocycles. The Morgan fingerprint density at radius 2 is 1.94 bits per heavy atom. The van der Waals surface area contributed by atoms with Crippen LogP contribution in [0.5, 0.6) is 5.75 Å². The molecule has 2 bridgehead atoms. The van der Waals surface area contributed by atoms with Crippen LogP contribution >= 0.6 is 12.6 Å². The summed E-state index contributed by atoms with van der Waals surface area (Å²) in [6, 6.07) is 8.53. The van der Waals surface area contributed by atoms with Crippen LogP contribution in [0.1, 0.15) is 24.8 Å². The summed E-state index contributed by atoms with van der Waals surface area (Å²) in [7, 11) is 0. The summed E-state index contributed by atoms with van der Waals surface area (Å²) in [5.74, 6) is 4.07. The molecule has 6 rings (SSSR count). The van der Waals surface area contributed by atoms with Crippen molar-refractivity contribution in [3.8, 4) is 29.4 Å². The predicted octanol–water partition coefficient (Wildman–Crippen LogP) is 5.20. The molecule has 33 heavy (non-hydrogen) atoms. The highest BCUT2D eigenvalue weighted by molar-refractivity contribution is 7.80. The molecule has 0 spiro atoms. The van der Waals surface area contributed by atoms with Crippen LogP contribution in [-0.2, 0) is 0 Å². The number of halogens is 1. The molecule has 2 unspecified atom stereocenters. The molecule has 0 amide bonds. The van der Waals surface area contributed by atoms with E-state index in [2.05, 4.69) is 38.4 Å². The number of terminal acetylenes is 1. The van der Waals surface area contributed by atoms with Crippen molar-refractivity contribution in [2.75, 3.05) is 18.0 Å². The quantitative estimate of drug-likeness (QED) is 0.247. The number of anilines is 1. The molecule has 1 saturated carbocycles. The van der Waals surface area contributed by atoms with Crippen molar-refractivity contribution < 1.29 is 9.50 Å². The molecular formula is C26H21FN4OS. The van der Waals surface area contributed by atoms with E-state index in [-0.39, 0.29) is 22.1 Å². The summed E-state index contributed by atoms with van der Waals surface area (Å²) in [6.07, 6.45) is 11.1. The maximum absolute atomic E-state index is 16.0. The molecule has 7 heteroatoms. The number of aromatic hydroxyl groups is 1. The highest BCUT2D eigenvalue weighted by Crippen LogP contribution is 2.41. The fraction of sp³-hybridized carbons (Fsp3) is 0.269. The van der Waals surface area contributed by atoms with Crippen LogP contribution in [0.2, 0.25) is 0 Å². The Labute approximate surface area is 196 Å². The molecule has 2 aromatic carbocycles. The summed E-state index contributed by atoms with van der Waals surface area (Å²) >= 11 is 4.38. The number of fused-ring (bicyclic) bond motifs is 4. The highest BCUT2D eigenvalue weighted by atomic mass is 32.1. The Hall–Kier alpha value is -3.37. The second-order valence-corrected chi connectivity index (χ2v) is 9.42. The molecular weight excluding hydrogens is 435 g/mol. The number of hydrogen-bond donors (Lipinski definition) is 2. The molecule has 2 atom stereocenters. The van der Waals surface area contributed by atoms with Crippen LogP contribution in [0.25, 0.3) is 32.9 Å². The van der Waals surface area contributed by atoms with Crippen LogP contribution in [-0.4, -0.2) is 33.1 Å². The monoisotopic (exact) mass is 456 g/mol. The van der Waals surface area contributed by atoms with Gasteiger partial charge in [0.2, 0.25) is 0 Å². The summed E-state index contributed by atoms with van der Waals surface area (Å²) in [5, 5.41) is 12.5. The standard InChI is InChI=1S/C26H21FN4OS/c1-2-16-4-3-5-17-9-18(32)10-19(21(16)17)23-22(27)24-20(11-28-23)25(30-26(33)29-24)31-12-14-6-7-15(8-14)13-31/h1,3-5,9-11,14-15,32H,6-8,12-13H2,(H,29,30,33). The van der Waals surface area contributed by atoms with Crippen molar-refractivity contribution in [1.29, 1.82) is 0 Å². The third-order valence-electron chi connectivity index (χ3n) is 6.93. The van der Waals surface area contributed by atoms with E-state index >= 15 is 4.39 Å². The first-order valence-electron chi connectivity index (χ1n) is 11.0. The van der Waals surface area contributed by atoms with E-state index < -0.39 is 5.82 Å². The average Bonchev–Trinajstić information content (AvgIpc) is 3.15. The molecule has 1 aliphatic heterocycles. The zero-order valence-corrected chi connectivity index (χ0v) is 18.7. The lowest BCUT2D eigenvalue weighted by molar-refractivity contribution is 0.419. The summed E-state index contributed by atoms with van der Waals surface area (Å²) in [5.41, 5.74) is 1.28. The molecule has 4 aromatic rings. The smallest absolute Gasteiger partial charge is 0.187 e. The van der Waals surface area contributed by atoms with E-state index in [1.165, 1.54) is 25.3 Å². The number of rotatable bonds is 2. The number of phenols is 1. The summed E-state index contributed by atoms with van der Waals surface area (Å²) in [4.78, 5) is 15.6. The van der Waals surface area contributed by atoms with Gasteiger partial charge in [-0.3, -0.25) is 4.98 Å². The van der Waals surface area contributed by atoms with Gasteiger partial charge in [0.15, 0.2) is 11.0 Å². The zero-order chi connectivity index (χ0) is 22.7. The first-order chi connectivity index (χ1) is 16.0. The lowest BCUT2D eigenvalue weighted by atomic mass is 9.96. The highest BCUT2D eigenvalue weighted by Gasteiger charge is 2.34. The van der Waals surface area contributed by atoms with Crippen LogP contribution in [0.3, 0.4) is 0 Å². The largest absolute Gasteiger partial charge is 0.508 e. The number of thiol groups is 1. The minimum absolute atomic E-state index is 0.00928. The fourth-order valence-corrected chi connectivity index (χ4v) is 5.75. The maximum Gasteiger partial charge on any atom is 0.187 e. The summed E-state index contributed by atoms with van der Waals surface area (Å²) in [6.45, 7) is 1.81. The lowest BCUT2D eigenvalue weighted by Crippen LogP contribution is -2.37. The summed E-state index contributed by atoms with van der Waals surface area (Å²) < 4.78 is 16.0. The molecule has 1 N–H and O–H groups in total. The molecule has 1 saturated heterocycles. The Kier molecular flexibility index (Phi) is 4.66. The Balaban J connectivity index is 1.57. The van der Waals surface area contributed by atoms with Gasteiger partial charge in [0, 0.05) is 35.8 Å². The van der Waals surface area contributed by atoms with Gasteiger partial charge in [-0.2, -0.15) is 0 Å². The fourth-order valence-electron chi connectivity index (χ4n) is 5.56. The van der Waals surface area contributed by atoms with Gasteiger partial charge in [0.25, 0.3) is 0 Å². The van der Waals surface area contributed by atoms with Gasteiger partial charge < -0.3 is 10.0 Å². The van der Waals surface area contributed by atoms with E-state index in [1.807, 2.05) is 12.1 Å². The number of pyridine rings is 1. The third-order valence-corrected chi connectivity index (χ3v) is 7.13. The Morgan fingerprint density at radius 1 is 1.15 bits per heavy atom. The third kappa shape index (κ3) is 3.28. The van der Waals surface area contributed by atoms with Crippen LogP contribution in [0.15, 0.2) is 41.7 Å². The van der Waals surface area contributed by atoms with Crippen molar-refractivity contribution in [3.05, 3.63) is 47.9 Å². The number of benzene rings is 2. The van der Waals surface area contributed by atoms with Gasteiger partial charge in [-0.05, 0) is 54.7 Å². The van der Waals surface area contributed by atoms with Gasteiger partial charge in [0.1, 0.15) is 22.8 Å². The normalized spacial score (nSPS) is 19.8. The van der Waals surface area contributed by atoms with Gasteiger partial charge in [-0.1, -0.05) is 18.1 Å². The number of piperidine rings is 1. The first-order valence-corrected chi connectivity index (χ1v) is 11.5. The number of phenolic OH excluding ortho intramolecular Hbond substituents is 1. The predicted molar refractivity (Wildman–Crippen MR) is 130 cm³/mol. The molecule has 164 valence electrons. The van der Waals surface area contributed by atoms with Crippen molar-refractivity contribution in [3.63, 3.8) is 0 Å². The van der Waals surface area contributed by atoms with Crippen molar-refractivity contribution >= 4 is 40.1 Å². The number of aromatic nitrogens is 3. The number of nitrogens with zero attached hydrogens (tertiary/aromatic N) is 4. The van der Waals surface area contributed by atoms with E-state index in [0.29, 0.717) is 44.9 Å². The second-order valence-electron chi connectivity index (χ2n) is 9.02. The Bertz CT molecular complexity index is 1470. The Morgan fingerprint density at radius 3 is 2.70 bits per heavy atom. The molecule has 1 aliphatic carbocycles. The van der Waals surface area contributed by atoms with Crippen molar-refractivity contribution in [2.45, 2.75) is 24.4 Å².